The Balaban J connectivity index is 2.15. The normalized spacial score (nSPS) is 12.9. The number of hydrogen-bond donors (Lipinski definition) is 1. The lowest BCUT2D eigenvalue weighted by molar-refractivity contribution is -0.141. The molecule has 12 heteroatoms. The van der Waals surface area contributed by atoms with E-state index in [1.165, 1.54) is 23.1 Å². The van der Waals surface area contributed by atoms with Crippen LogP contribution in [-0.4, -0.2) is 43.3 Å². The Morgan fingerprint density at radius 2 is 1.58 bits per heavy atom. The molecule has 1 unspecified atom stereocenters. The van der Waals surface area contributed by atoms with Crippen LogP contribution < -0.4 is 9.62 Å². The summed E-state index contributed by atoms with van der Waals surface area (Å²) in [5.74, 6) is -1.27. The molecule has 0 saturated carbocycles. The van der Waals surface area contributed by atoms with Crippen molar-refractivity contribution >= 4 is 39.1 Å². The average molecular weight is 638 g/mol. The number of hydrogen-bond acceptors (Lipinski definition) is 4. The van der Waals surface area contributed by atoms with Crippen molar-refractivity contribution in [3.8, 4) is 0 Å². The number of nitrogens with one attached hydrogen (secondary N) is 1. The first-order valence-corrected chi connectivity index (χ1v) is 15.4. The fourth-order valence-electron chi connectivity index (χ4n) is 4.39. The third-order valence-electron chi connectivity index (χ3n) is 6.53. The number of amides is 2. The minimum Gasteiger partial charge on any atom is -0.350 e. The molecule has 0 aliphatic rings. The summed E-state index contributed by atoms with van der Waals surface area (Å²) in [5, 5.41) is 3.18. The monoisotopic (exact) mass is 637 g/mol. The summed E-state index contributed by atoms with van der Waals surface area (Å²) in [6.07, 6.45) is -4.58. The molecule has 0 aliphatic heterocycles. The van der Waals surface area contributed by atoms with Crippen molar-refractivity contribution in [2.75, 3.05) is 10.8 Å². The molecule has 1 atom stereocenters. The summed E-state index contributed by atoms with van der Waals surface area (Å²) in [4.78, 5) is 28.5. The molecule has 3 aromatic carbocycles. The number of rotatable bonds is 10. The van der Waals surface area contributed by atoms with E-state index in [-0.39, 0.29) is 23.5 Å². The van der Waals surface area contributed by atoms with Gasteiger partial charge in [-0.1, -0.05) is 60.5 Å². The van der Waals surface area contributed by atoms with Gasteiger partial charge in [0.1, 0.15) is 12.6 Å². The van der Waals surface area contributed by atoms with Gasteiger partial charge in [0.15, 0.2) is 0 Å². The summed E-state index contributed by atoms with van der Waals surface area (Å²) >= 11 is 6.38. The summed E-state index contributed by atoms with van der Waals surface area (Å²) < 4.78 is 69.4. The standard InChI is InChI=1S/C31H35ClF3N3O4S/c1-6-27(29(40)36-30(3,4)5)37(19-22-10-7-8-13-26(22)32)28(39)20-38(24-12-9-11-23(18-24)31(33,34)35)43(41,42)25-16-14-21(2)15-17-25/h7-18,27H,6,19-20H2,1-5H3,(H,36,40). The smallest absolute Gasteiger partial charge is 0.350 e. The van der Waals surface area contributed by atoms with Gasteiger partial charge in [-0.25, -0.2) is 8.42 Å². The van der Waals surface area contributed by atoms with E-state index in [2.05, 4.69) is 5.32 Å². The minimum atomic E-state index is -4.76. The Hall–Kier alpha value is -3.57. The second-order valence-corrected chi connectivity index (χ2v) is 13.4. The van der Waals surface area contributed by atoms with Crippen molar-refractivity contribution in [2.24, 2.45) is 0 Å². The van der Waals surface area contributed by atoms with E-state index in [1.54, 1.807) is 71.0 Å². The average Bonchev–Trinajstić information content (AvgIpc) is 2.91. The summed E-state index contributed by atoms with van der Waals surface area (Å²) in [6.45, 7) is 7.78. The number of benzene rings is 3. The van der Waals surface area contributed by atoms with Crippen molar-refractivity contribution in [3.05, 3.63) is 94.5 Å². The molecule has 0 spiro atoms. The fraction of sp³-hybridized carbons (Fsp3) is 0.355. The predicted molar refractivity (Wildman–Crippen MR) is 161 cm³/mol. The van der Waals surface area contributed by atoms with E-state index in [4.69, 9.17) is 11.6 Å². The molecule has 0 aromatic heterocycles. The Morgan fingerprint density at radius 1 is 0.953 bits per heavy atom. The summed E-state index contributed by atoms with van der Waals surface area (Å²) in [7, 11) is -4.53. The van der Waals surface area contributed by atoms with Gasteiger partial charge < -0.3 is 10.2 Å². The predicted octanol–water partition coefficient (Wildman–Crippen LogP) is 6.58. The molecule has 0 heterocycles. The molecular weight excluding hydrogens is 603 g/mol. The zero-order chi connectivity index (χ0) is 32.2. The van der Waals surface area contributed by atoms with E-state index in [0.717, 1.165) is 17.7 Å². The van der Waals surface area contributed by atoms with Crippen molar-refractivity contribution < 1.29 is 31.2 Å². The number of anilines is 1. The maximum atomic E-state index is 14.1. The molecule has 0 aliphatic carbocycles. The van der Waals surface area contributed by atoms with Gasteiger partial charge in [0.2, 0.25) is 11.8 Å². The van der Waals surface area contributed by atoms with E-state index < -0.39 is 51.7 Å². The van der Waals surface area contributed by atoms with Gasteiger partial charge in [-0.05, 0) is 76.1 Å². The van der Waals surface area contributed by atoms with Crippen LogP contribution in [0, 0.1) is 6.92 Å². The van der Waals surface area contributed by atoms with E-state index in [9.17, 15) is 31.2 Å². The highest BCUT2D eigenvalue weighted by Crippen LogP contribution is 2.33. The van der Waals surface area contributed by atoms with E-state index in [1.807, 2.05) is 0 Å². The van der Waals surface area contributed by atoms with Crippen LogP contribution in [-0.2, 0) is 32.3 Å². The van der Waals surface area contributed by atoms with Crippen LogP contribution in [0.4, 0.5) is 18.9 Å². The molecule has 3 rings (SSSR count). The van der Waals surface area contributed by atoms with Crippen LogP contribution in [0.25, 0.3) is 0 Å². The molecule has 0 fully saturated rings. The van der Waals surface area contributed by atoms with Crippen LogP contribution in [0.3, 0.4) is 0 Å². The molecule has 0 radical (unpaired) electrons. The molecule has 0 bridgehead atoms. The maximum Gasteiger partial charge on any atom is 0.416 e. The lowest BCUT2D eigenvalue weighted by Gasteiger charge is -2.35. The molecule has 1 N–H and O–H groups in total. The number of halogens is 4. The molecule has 43 heavy (non-hydrogen) atoms. The zero-order valence-electron chi connectivity index (χ0n) is 24.6. The molecule has 2 amide bonds. The van der Waals surface area contributed by atoms with Crippen LogP contribution in [0.5, 0.6) is 0 Å². The molecule has 7 nitrogen and oxygen atoms in total. The number of alkyl halides is 3. The van der Waals surface area contributed by atoms with Crippen molar-refractivity contribution in [1.82, 2.24) is 10.2 Å². The largest absolute Gasteiger partial charge is 0.416 e. The topological polar surface area (TPSA) is 86.8 Å². The number of carbonyl (C=O) groups is 2. The van der Waals surface area contributed by atoms with Crippen molar-refractivity contribution in [1.29, 1.82) is 0 Å². The molecule has 3 aromatic rings. The molecule has 0 saturated heterocycles. The van der Waals surface area contributed by atoms with Crippen LogP contribution in [0.1, 0.15) is 50.8 Å². The quantitative estimate of drug-likeness (QED) is 0.272. The lowest BCUT2D eigenvalue weighted by Crippen LogP contribution is -2.55. The third-order valence-corrected chi connectivity index (χ3v) is 8.69. The number of aryl methyl sites for hydroxylation is 1. The van der Waals surface area contributed by atoms with Gasteiger partial charge in [-0.2, -0.15) is 13.2 Å². The van der Waals surface area contributed by atoms with E-state index >= 15 is 0 Å². The molecular formula is C31H35ClF3N3O4S. The summed E-state index contributed by atoms with van der Waals surface area (Å²) in [5.41, 5.74) is -0.796. The second kappa shape index (κ2) is 13.4. The maximum absolute atomic E-state index is 14.1. The first-order valence-electron chi connectivity index (χ1n) is 13.6. The Bertz CT molecular complexity index is 1560. The zero-order valence-corrected chi connectivity index (χ0v) is 26.1. The van der Waals surface area contributed by atoms with Crippen molar-refractivity contribution in [3.63, 3.8) is 0 Å². The van der Waals surface area contributed by atoms with Crippen LogP contribution in [0.2, 0.25) is 5.02 Å². The lowest BCUT2D eigenvalue weighted by atomic mass is 10.1. The highest BCUT2D eigenvalue weighted by atomic mass is 35.5. The van der Waals surface area contributed by atoms with Gasteiger partial charge in [0, 0.05) is 17.1 Å². The van der Waals surface area contributed by atoms with E-state index in [0.29, 0.717) is 21.0 Å². The number of carbonyl (C=O) groups excluding carboxylic acids is 2. The highest BCUT2D eigenvalue weighted by Gasteiger charge is 2.36. The Labute approximate surface area is 255 Å². The van der Waals surface area contributed by atoms with Gasteiger partial charge in [-0.15, -0.1) is 0 Å². The first kappa shape index (κ1) is 33.9. The third kappa shape index (κ3) is 8.73. The van der Waals surface area contributed by atoms with Gasteiger partial charge in [-0.3, -0.25) is 13.9 Å². The van der Waals surface area contributed by atoms with Crippen molar-refractivity contribution in [2.45, 2.75) is 70.2 Å². The highest BCUT2D eigenvalue weighted by molar-refractivity contribution is 7.92. The van der Waals surface area contributed by atoms with Gasteiger partial charge in [0.25, 0.3) is 10.0 Å². The Morgan fingerprint density at radius 3 is 2.14 bits per heavy atom. The first-order chi connectivity index (χ1) is 19.9. The minimum absolute atomic E-state index is 0.143. The Kier molecular flexibility index (Phi) is 10.6. The number of nitrogens with zero attached hydrogens (tertiary/aromatic N) is 2. The molecule has 232 valence electrons. The van der Waals surface area contributed by atoms with Gasteiger partial charge >= 0.3 is 6.18 Å². The SMILES string of the molecule is CCC(C(=O)NC(C)(C)C)N(Cc1ccccc1Cl)C(=O)CN(c1cccc(C(F)(F)F)c1)S(=O)(=O)c1ccc(C)cc1. The fourth-order valence-corrected chi connectivity index (χ4v) is 5.99. The van der Waals surface area contributed by atoms with Crippen LogP contribution >= 0.6 is 11.6 Å². The number of sulfonamides is 1. The second-order valence-electron chi connectivity index (χ2n) is 11.1. The van der Waals surface area contributed by atoms with Crippen LogP contribution in [0.15, 0.2) is 77.7 Å². The van der Waals surface area contributed by atoms with Gasteiger partial charge in [0.05, 0.1) is 16.1 Å². The summed E-state index contributed by atoms with van der Waals surface area (Å²) in [6, 6.07) is 15.2.